The summed E-state index contributed by atoms with van der Waals surface area (Å²) < 4.78 is 5.49. The number of hydrogen-bond donors (Lipinski definition) is 2. The van der Waals surface area contributed by atoms with Crippen LogP contribution >= 0.6 is 0 Å². The number of carbonyl (C=O) groups excluding carboxylic acids is 1. The second kappa shape index (κ2) is 18.3. The van der Waals surface area contributed by atoms with E-state index in [1.807, 2.05) is 24.8 Å². The molecule has 0 unspecified atom stereocenters. The highest BCUT2D eigenvalue weighted by molar-refractivity contribution is 5.97. The molecule has 1 aliphatic carbocycles. The molecule has 9 nitrogen and oxygen atoms in total. The molecule has 2 aromatic carbocycles. The highest BCUT2D eigenvalue weighted by Crippen LogP contribution is 2.36. The lowest BCUT2D eigenvalue weighted by Crippen LogP contribution is -2.48. The third-order valence-electron chi connectivity index (χ3n) is 7.54. The van der Waals surface area contributed by atoms with Crippen LogP contribution in [0.1, 0.15) is 58.6 Å². The van der Waals surface area contributed by atoms with Gasteiger partial charge in [-0.05, 0) is 68.3 Å². The van der Waals surface area contributed by atoms with E-state index in [1.54, 1.807) is 13.2 Å². The topological polar surface area (TPSA) is 106 Å². The summed E-state index contributed by atoms with van der Waals surface area (Å²) in [6.45, 7) is 14.2. The molecule has 3 aliphatic rings. The smallest absolute Gasteiger partial charge is 0.318 e. The second-order valence-electron chi connectivity index (χ2n) is 10.3. The van der Waals surface area contributed by atoms with Gasteiger partial charge in [-0.25, -0.2) is 0 Å². The summed E-state index contributed by atoms with van der Waals surface area (Å²) in [6, 6.07) is 18.8. The number of amides is 1. The predicted octanol–water partition coefficient (Wildman–Crippen LogP) is 6.41. The zero-order valence-electron chi connectivity index (χ0n) is 26.7. The first-order valence-corrected chi connectivity index (χ1v) is 15.7. The van der Waals surface area contributed by atoms with Crippen LogP contribution in [0.5, 0.6) is 6.01 Å². The summed E-state index contributed by atoms with van der Waals surface area (Å²) in [5, 5.41) is 16.6. The summed E-state index contributed by atoms with van der Waals surface area (Å²) in [5.41, 5.74) is 4.28. The van der Waals surface area contributed by atoms with Gasteiger partial charge in [0, 0.05) is 50.2 Å². The minimum Gasteiger partial charge on any atom is -0.467 e. The Kier molecular flexibility index (Phi) is 14.2. The molecular formula is C35H47N7O2. The summed E-state index contributed by atoms with van der Waals surface area (Å²) in [6.07, 6.45) is 7.44. The van der Waals surface area contributed by atoms with Crippen LogP contribution in [-0.2, 0) is 4.79 Å². The maximum atomic E-state index is 12.0. The second-order valence-corrected chi connectivity index (χ2v) is 10.3. The highest BCUT2D eigenvalue weighted by atomic mass is 16.5. The molecule has 2 N–H and O–H groups in total. The number of hydrogen-bond acceptors (Lipinski definition) is 8. The molecule has 234 valence electrons. The monoisotopic (exact) mass is 597 g/mol. The molecule has 1 saturated carbocycles. The molecule has 3 heterocycles. The van der Waals surface area contributed by atoms with Crippen LogP contribution in [-0.4, -0.2) is 67.2 Å². The summed E-state index contributed by atoms with van der Waals surface area (Å²) >= 11 is 0. The Hall–Kier alpha value is -4.42. The number of methoxy groups -OCH3 is 1. The lowest BCUT2D eigenvalue weighted by atomic mass is 9.89. The van der Waals surface area contributed by atoms with Crippen molar-refractivity contribution in [1.82, 2.24) is 20.2 Å². The predicted molar refractivity (Wildman–Crippen MR) is 181 cm³/mol. The molecule has 0 atom stereocenters. The van der Waals surface area contributed by atoms with Crippen molar-refractivity contribution < 1.29 is 9.53 Å². The number of nitrogens with zero attached hydrogens (tertiary/aromatic N) is 5. The Morgan fingerprint density at radius 1 is 1.02 bits per heavy atom. The number of benzene rings is 2. The lowest BCUT2D eigenvalue weighted by Gasteiger charge is -2.35. The first-order valence-electron chi connectivity index (χ1n) is 15.7. The molecule has 0 radical (unpaired) electrons. The molecule has 6 rings (SSSR count). The quantitative estimate of drug-likeness (QED) is 0.314. The van der Waals surface area contributed by atoms with E-state index < -0.39 is 0 Å². The van der Waals surface area contributed by atoms with Gasteiger partial charge in [0.25, 0.3) is 0 Å². The molecule has 3 fully saturated rings. The van der Waals surface area contributed by atoms with E-state index in [4.69, 9.17) is 15.0 Å². The van der Waals surface area contributed by atoms with Crippen LogP contribution in [0.3, 0.4) is 0 Å². The molecule has 44 heavy (non-hydrogen) atoms. The molecular weight excluding hydrogens is 550 g/mol. The van der Waals surface area contributed by atoms with Crippen molar-refractivity contribution in [3.05, 3.63) is 72.5 Å². The summed E-state index contributed by atoms with van der Waals surface area (Å²) in [7, 11) is 1.60. The fourth-order valence-corrected chi connectivity index (χ4v) is 5.11. The third kappa shape index (κ3) is 9.29. The van der Waals surface area contributed by atoms with Crippen LogP contribution in [0.2, 0.25) is 0 Å². The molecule has 3 aromatic rings. The van der Waals surface area contributed by atoms with Gasteiger partial charge in [0.05, 0.1) is 24.6 Å². The molecule has 2 aliphatic heterocycles. The number of ether oxygens (including phenoxy) is 1. The lowest BCUT2D eigenvalue weighted by molar-refractivity contribution is -0.126. The van der Waals surface area contributed by atoms with Crippen molar-refractivity contribution in [2.45, 2.75) is 52.9 Å². The van der Waals surface area contributed by atoms with Gasteiger partial charge in [0.15, 0.2) is 0 Å². The van der Waals surface area contributed by atoms with Crippen molar-refractivity contribution >= 4 is 33.9 Å². The number of piperazine rings is 1. The van der Waals surface area contributed by atoms with E-state index >= 15 is 0 Å². The number of allylic oxidation sites excluding steroid dienone is 1. The number of carbonyl (C=O) groups is 1. The van der Waals surface area contributed by atoms with Crippen LogP contribution in [0, 0.1) is 11.3 Å². The molecule has 2 saturated heterocycles. The molecule has 1 amide bonds. The van der Waals surface area contributed by atoms with Gasteiger partial charge >= 0.3 is 6.01 Å². The van der Waals surface area contributed by atoms with E-state index in [0.717, 1.165) is 35.7 Å². The Morgan fingerprint density at radius 3 is 2.25 bits per heavy atom. The maximum Gasteiger partial charge on any atom is 0.318 e. The first kappa shape index (κ1) is 34.1. The Balaban J connectivity index is 0.000000460. The third-order valence-corrected chi connectivity index (χ3v) is 7.54. The Bertz CT molecular complexity index is 1420. The van der Waals surface area contributed by atoms with Crippen LogP contribution in [0.15, 0.2) is 66.8 Å². The van der Waals surface area contributed by atoms with Crippen LogP contribution in [0.25, 0.3) is 16.5 Å². The summed E-state index contributed by atoms with van der Waals surface area (Å²) in [4.78, 5) is 25.3. The van der Waals surface area contributed by atoms with Crippen molar-refractivity contribution in [2.24, 2.45) is 0 Å². The van der Waals surface area contributed by atoms with Crippen LogP contribution in [0.4, 0.5) is 11.5 Å². The van der Waals surface area contributed by atoms with Gasteiger partial charge in [-0.1, -0.05) is 56.8 Å². The van der Waals surface area contributed by atoms with E-state index in [1.165, 1.54) is 61.7 Å². The number of aromatic nitrogens is 2. The molecule has 0 bridgehead atoms. The minimum atomic E-state index is -0.0307. The van der Waals surface area contributed by atoms with Crippen molar-refractivity contribution in [2.75, 3.05) is 56.6 Å². The first-order chi connectivity index (χ1) is 21.6. The SMILES string of the molecule is C1CCNC1.C=CC(=O)N1CCN(c2cc(C(Nc3cccc4ccccc34)=C3CCC3)nc(OC)n2)CC1.CC.CC#N. The molecule has 0 spiro atoms. The average molecular weight is 598 g/mol. The summed E-state index contributed by atoms with van der Waals surface area (Å²) in [5.74, 6) is 0.779. The van der Waals surface area contributed by atoms with E-state index in [9.17, 15) is 4.79 Å². The number of anilines is 2. The van der Waals surface area contributed by atoms with Gasteiger partial charge in [-0.3, -0.25) is 4.79 Å². The van der Waals surface area contributed by atoms with Gasteiger partial charge in [-0.15, -0.1) is 0 Å². The normalized spacial score (nSPS) is 15.1. The molecule has 9 heteroatoms. The van der Waals surface area contributed by atoms with Crippen LogP contribution < -0.4 is 20.3 Å². The fraction of sp³-hybridized carbons (Fsp3) is 0.429. The molecule has 1 aromatic heterocycles. The Morgan fingerprint density at radius 2 is 1.68 bits per heavy atom. The fourth-order valence-electron chi connectivity index (χ4n) is 5.11. The van der Waals surface area contributed by atoms with Crippen molar-refractivity contribution in [1.29, 1.82) is 5.26 Å². The zero-order valence-corrected chi connectivity index (χ0v) is 26.7. The van der Waals surface area contributed by atoms with Crippen molar-refractivity contribution in [3.8, 4) is 12.1 Å². The van der Waals surface area contributed by atoms with Gasteiger partial charge < -0.3 is 25.2 Å². The van der Waals surface area contributed by atoms with E-state index in [0.29, 0.717) is 32.2 Å². The van der Waals surface area contributed by atoms with Crippen molar-refractivity contribution in [3.63, 3.8) is 0 Å². The number of fused-ring (bicyclic) bond motifs is 1. The highest BCUT2D eigenvalue weighted by Gasteiger charge is 2.24. The zero-order chi connectivity index (χ0) is 31.7. The van der Waals surface area contributed by atoms with Gasteiger partial charge in [0.2, 0.25) is 5.91 Å². The number of nitriles is 1. The Labute approximate surface area is 262 Å². The van der Waals surface area contributed by atoms with E-state index in [-0.39, 0.29) is 5.91 Å². The average Bonchev–Trinajstić information content (AvgIpc) is 3.65. The maximum absolute atomic E-state index is 12.0. The van der Waals surface area contributed by atoms with Gasteiger partial charge in [-0.2, -0.15) is 15.2 Å². The largest absolute Gasteiger partial charge is 0.467 e. The number of rotatable bonds is 6. The van der Waals surface area contributed by atoms with Gasteiger partial charge in [0.1, 0.15) is 5.82 Å². The standard InChI is InChI=1S/C27H29N5O2.C4H9N.C2H3N.C2H6/c1-3-25(33)32-16-14-31(15-17-32)24-18-23(29-27(30-24)34-2)26(20-10-6-11-20)28-22-13-7-9-19-8-4-5-12-21(19)22;1-2-4-5-3-1;1-2-3;1-2/h3-5,7-9,12-13,18,28H,1,6,10-11,14-17H2,2H3;5H,1-4H2;1H3;1-2H3. The number of nitrogens with one attached hydrogen (secondary N) is 2. The minimum absolute atomic E-state index is 0.0307. The van der Waals surface area contributed by atoms with E-state index in [2.05, 4.69) is 69.6 Å².